The number of benzene rings is 4. The number of non-ortho nitro benzene ring substituents is 1. The van der Waals surface area contributed by atoms with Crippen LogP contribution in [0.4, 0.5) is 10.5 Å². The molecule has 0 saturated carbocycles. The zero-order chi connectivity index (χ0) is 26.9. The number of hydrogen-bond donors (Lipinski definition) is 0. The molecule has 38 heavy (non-hydrogen) atoms. The van der Waals surface area contributed by atoms with Gasteiger partial charge < -0.3 is 4.18 Å². The molecule has 9 nitrogen and oxygen atoms in total. The number of imide groups is 1. The summed E-state index contributed by atoms with van der Waals surface area (Å²) < 4.78 is 30.2. The molecule has 0 bridgehead atoms. The molecule has 1 aliphatic rings. The van der Waals surface area contributed by atoms with Gasteiger partial charge in [-0.3, -0.25) is 24.6 Å². The van der Waals surface area contributed by atoms with Crippen LogP contribution in [0.15, 0.2) is 101 Å². The van der Waals surface area contributed by atoms with E-state index in [9.17, 15) is 28.1 Å². The maximum absolute atomic E-state index is 12.9. The molecule has 1 aliphatic heterocycles. The van der Waals surface area contributed by atoms with Gasteiger partial charge in [-0.15, -0.1) is 0 Å². The molecule has 0 spiro atoms. The van der Waals surface area contributed by atoms with E-state index in [0.29, 0.717) is 5.56 Å². The number of amides is 2. The van der Waals surface area contributed by atoms with Crippen molar-refractivity contribution in [1.82, 2.24) is 4.90 Å². The molecule has 4 aromatic rings. The van der Waals surface area contributed by atoms with Crippen LogP contribution in [0.3, 0.4) is 0 Å². The van der Waals surface area contributed by atoms with Crippen molar-refractivity contribution in [2.24, 2.45) is 0 Å². The summed E-state index contributed by atoms with van der Waals surface area (Å²) in [4.78, 5) is 36.8. The molecule has 0 unspecified atom stereocenters. The van der Waals surface area contributed by atoms with E-state index in [1.807, 2.05) is 42.5 Å². The van der Waals surface area contributed by atoms with Crippen molar-refractivity contribution in [3.8, 4) is 5.75 Å². The second-order valence-electron chi connectivity index (χ2n) is 8.31. The summed E-state index contributed by atoms with van der Waals surface area (Å²) in [7, 11) is -4.30. The minimum absolute atomic E-state index is 0.0157. The Balaban J connectivity index is 1.29. The number of carbonyl (C=O) groups excluding carboxylic acids is 2. The summed E-state index contributed by atoms with van der Waals surface area (Å²) in [5.41, 5.74) is 1.01. The van der Waals surface area contributed by atoms with Crippen molar-refractivity contribution >= 4 is 55.6 Å². The zero-order valence-electron chi connectivity index (χ0n) is 19.5. The second kappa shape index (κ2) is 10.1. The van der Waals surface area contributed by atoms with Gasteiger partial charge in [-0.2, -0.15) is 8.42 Å². The largest absolute Gasteiger partial charge is 0.379 e. The molecule has 0 aromatic heterocycles. The van der Waals surface area contributed by atoms with E-state index in [4.69, 9.17) is 4.18 Å². The zero-order valence-corrected chi connectivity index (χ0v) is 21.1. The van der Waals surface area contributed by atoms with Gasteiger partial charge in [0.15, 0.2) is 0 Å². The van der Waals surface area contributed by atoms with E-state index >= 15 is 0 Å². The number of carbonyl (C=O) groups is 2. The molecule has 2 amide bonds. The summed E-state index contributed by atoms with van der Waals surface area (Å²) in [6.07, 6.45) is 1.55. The molecule has 0 aliphatic carbocycles. The fourth-order valence-electron chi connectivity index (χ4n) is 3.85. The van der Waals surface area contributed by atoms with Crippen LogP contribution in [0, 0.1) is 10.1 Å². The third kappa shape index (κ3) is 5.29. The van der Waals surface area contributed by atoms with E-state index in [1.165, 1.54) is 47.4 Å². The Hall–Kier alpha value is -4.48. The third-order valence-electron chi connectivity index (χ3n) is 5.73. The number of nitro benzene ring substituents is 1. The third-order valence-corrected chi connectivity index (χ3v) is 7.88. The lowest BCUT2D eigenvalue weighted by molar-refractivity contribution is -0.385. The highest BCUT2D eigenvalue weighted by Gasteiger charge is 2.35. The fraction of sp³-hybridized carbons (Fsp3) is 0.0370. The Labute approximate surface area is 221 Å². The Morgan fingerprint density at radius 3 is 2.37 bits per heavy atom. The van der Waals surface area contributed by atoms with Crippen LogP contribution in [0.25, 0.3) is 16.8 Å². The lowest BCUT2D eigenvalue weighted by atomic mass is 10.1. The predicted octanol–water partition coefficient (Wildman–Crippen LogP) is 5.75. The van der Waals surface area contributed by atoms with Gasteiger partial charge in [0, 0.05) is 12.1 Å². The highest BCUT2D eigenvalue weighted by Crippen LogP contribution is 2.34. The maximum atomic E-state index is 12.9. The molecule has 1 fully saturated rings. The average Bonchev–Trinajstić information content (AvgIpc) is 3.17. The van der Waals surface area contributed by atoms with Crippen LogP contribution >= 0.6 is 11.8 Å². The van der Waals surface area contributed by atoms with Crippen molar-refractivity contribution in [2.45, 2.75) is 11.4 Å². The van der Waals surface area contributed by atoms with Crippen LogP contribution in [0.1, 0.15) is 11.1 Å². The first-order valence-corrected chi connectivity index (χ1v) is 13.4. The summed E-state index contributed by atoms with van der Waals surface area (Å²) in [6.45, 7) is 0.148. The van der Waals surface area contributed by atoms with Gasteiger partial charge in [0.25, 0.3) is 16.8 Å². The topological polar surface area (TPSA) is 124 Å². The molecule has 0 N–H and O–H groups in total. The van der Waals surface area contributed by atoms with Crippen LogP contribution in [-0.2, 0) is 21.5 Å². The Morgan fingerprint density at radius 1 is 0.895 bits per heavy atom. The molecular weight excluding hydrogens is 528 g/mol. The molecule has 0 radical (unpaired) electrons. The molecular formula is C27H18N2O7S2. The summed E-state index contributed by atoms with van der Waals surface area (Å²) in [5, 5.41) is 12.6. The lowest BCUT2D eigenvalue weighted by Crippen LogP contribution is -2.27. The van der Waals surface area contributed by atoms with Crippen molar-refractivity contribution in [2.75, 3.05) is 0 Å². The van der Waals surface area contributed by atoms with Gasteiger partial charge in [0.1, 0.15) is 10.6 Å². The number of rotatable bonds is 7. The number of fused-ring (bicyclic) bond motifs is 1. The minimum Gasteiger partial charge on any atom is -0.379 e. The molecule has 1 heterocycles. The number of nitrogens with zero attached hydrogens (tertiary/aromatic N) is 2. The van der Waals surface area contributed by atoms with Crippen LogP contribution < -0.4 is 4.18 Å². The smallest absolute Gasteiger partial charge is 0.339 e. The van der Waals surface area contributed by atoms with E-state index in [1.54, 1.807) is 6.08 Å². The van der Waals surface area contributed by atoms with Crippen LogP contribution in [-0.4, -0.2) is 29.4 Å². The highest BCUT2D eigenvalue weighted by molar-refractivity contribution is 8.18. The average molecular weight is 547 g/mol. The Morgan fingerprint density at radius 2 is 1.63 bits per heavy atom. The van der Waals surface area contributed by atoms with E-state index < -0.39 is 20.9 Å². The molecule has 4 aromatic carbocycles. The van der Waals surface area contributed by atoms with E-state index in [2.05, 4.69) is 0 Å². The fourth-order valence-corrected chi connectivity index (χ4v) is 5.66. The molecule has 190 valence electrons. The van der Waals surface area contributed by atoms with Gasteiger partial charge in [0.2, 0.25) is 0 Å². The first kappa shape index (κ1) is 25.2. The number of thioether (sulfide) groups is 1. The molecule has 0 atom stereocenters. The Kier molecular flexibility index (Phi) is 6.70. The summed E-state index contributed by atoms with van der Waals surface area (Å²) in [5.74, 6) is -0.431. The standard InChI is InChI=1S/C27H18N2O7S2/c30-26-25(37-27(31)28(26)17-19-8-11-20-4-1-2-5-21(20)14-19)15-18-9-12-23(13-10-18)36-38(34,35)24-7-3-6-22(16-24)29(32)33/h1-16H,17H2/b25-15-. The first-order valence-electron chi connectivity index (χ1n) is 11.2. The predicted molar refractivity (Wildman–Crippen MR) is 143 cm³/mol. The molecule has 1 saturated heterocycles. The van der Waals surface area contributed by atoms with Crippen LogP contribution in [0.5, 0.6) is 5.75 Å². The van der Waals surface area contributed by atoms with E-state index in [-0.39, 0.29) is 33.0 Å². The van der Waals surface area contributed by atoms with Crippen molar-refractivity contribution < 1.29 is 27.1 Å². The van der Waals surface area contributed by atoms with Gasteiger partial charge in [-0.25, -0.2) is 0 Å². The van der Waals surface area contributed by atoms with Gasteiger partial charge in [-0.05, 0) is 64.0 Å². The first-order chi connectivity index (χ1) is 18.2. The number of nitro groups is 1. The minimum atomic E-state index is -4.30. The summed E-state index contributed by atoms with van der Waals surface area (Å²) in [6, 6.07) is 24.0. The SMILES string of the molecule is O=C1S/C(=C\c2ccc(OS(=O)(=O)c3cccc([N+](=O)[O-])c3)cc2)C(=O)N1Cc1ccc2ccccc2c1. The summed E-state index contributed by atoms with van der Waals surface area (Å²) >= 11 is 0.831. The molecule has 11 heteroatoms. The monoisotopic (exact) mass is 546 g/mol. The highest BCUT2D eigenvalue weighted by atomic mass is 32.2. The van der Waals surface area contributed by atoms with Gasteiger partial charge in [0.05, 0.1) is 16.4 Å². The van der Waals surface area contributed by atoms with Crippen molar-refractivity contribution in [3.63, 3.8) is 0 Å². The number of hydrogen-bond acceptors (Lipinski definition) is 8. The lowest BCUT2D eigenvalue weighted by Gasteiger charge is -2.13. The second-order valence-corrected chi connectivity index (χ2v) is 10.8. The van der Waals surface area contributed by atoms with Crippen molar-refractivity contribution in [3.05, 3.63) is 117 Å². The van der Waals surface area contributed by atoms with E-state index in [0.717, 1.165) is 34.2 Å². The van der Waals surface area contributed by atoms with Gasteiger partial charge in [-0.1, -0.05) is 54.6 Å². The van der Waals surface area contributed by atoms with Crippen molar-refractivity contribution in [1.29, 1.82) is 0 Å². The van der Waals surface area contributed by atoms with Crippen LogP contribution in [0.2, 0.25) is 0 Å². The normalized spacial score (nSPS) is 14.8. The quantitative estimate of drug-likeness (QED) is 0.124. The van der Waals surface area contributed by atoms with Gasteiger partial charge >= 0.3 is 10.1 Å². The Bertz CT molecular complexity index is 1730. The maximum Gasteiger partial charge on any atom is 0.339 e. The molecule has 5 rings (SSSR count).